The largest absolute Gasteiger partial charge is 0.369 e. The molecule has 0 saturated carbocycles. The molecule has 84 valence electrons. The average molecular weight is 208 g/mol. The molecular weight excluding hydrogens is 188 g/mol. The number of rotatable bonds is 7. The van der Waals surface area contributed by atoms with Crippen LogP contribution in [-0.2, 0) is 0 Å². The van der Waals surface area contributed by atoms with Crippen molar-refractivity contribution in [1.29, 1.82) is 0 Å². The fraction of sp³-hybridized carbons (Fsp3) is 0.636. The Bertz CT molecular complexity index is 246. The zero-order chi connectivity index (χ0) is 10.9. The van der Waals surface area contributed by atoms with E-state index < -0.39 is 0 Å². The van der Waals surface area contributed by atoms with E-state index in [4.69, 9.17) is 0 Å². The number of anilines is 1. The van der Waals surface area contributed by atoms with Gasteiger partial charge in [0.1, 0.15) is 5.82 Å². The third-order valence-corrected chi connectivity index (χ3v) is 2.41. The summed E-state index contributed by atoms with van der Waals surface area (Å²) in [5.41, 5.74) is 0. The zero-order valence-electron chi connectivity index (χ0n) is 9.61. The van der Waals surface area contributed by atoms with E-state index >= 15 is 0 Å². The van der Waals surface area contributed by atoms with Crippen molar-refractivity contribution in [2.75, 3.05) is 31.5 Å². The topological polar surface area (TPSA) is 41.0 Å². The molecule has 1 N–H and O–H groups in total. The highest BCUT2D eigenvalue weighted by atomic mass is 15.1. The molecule has 0 aliphatic rings. The first-order chi connectivity index (χ1) is 7.36. The molecule has 0 spiro atoms. The lowest BCUT2D eigenvalue weighted by Gasteiger charge is -2.17. The highest BCUT2D eigenvalue weighted by Crippen LogP contribution is 1.97. The van der Waals surface area contributed by atoms with Gasteiger partial charge < -0.3 is 10.2 Å². The van der Waals surface area contributed by atoms with Crippen LogP contribution in [-0.4, -0.2) is 41.0 Å². The molecule has 0 amide bonds. The smallest absolute Gasteiger partial charge is 0.144 e. The summed E-state index contributed by atoms with van der Waals surface area (Å²) in [5.74, 6) is 0.858. The van der Waals surface area contributed by atoms with Crippen molar-refractivity contribution in [2.24, 2.45) is 0 Å². The number of hydrogen-bond donors (Lipinski definition) is 1. The average Bonchev–Trinajstić information content (AvgIpc) is 2.31. The fourth-order valence-electron chi connectivity index (χ4n) is 1.45. The van der Waals surface area contributed by atoms with E-state index in [1.54, 1.807) is 18.6 Å². The van der Waals surface area contributed by atoms with Crippen LogP contribution in [0.5, 0.6) is 0 Å². The van der Waals surface area contributed by atoms with Crippen molar-refractivity contribution in [1.82, 2.24) is 14.9 Å². The summed E-state index contributed by atoms with van der Waals surface area (Å²) in [6, 6.07) is 0. The van der Waals surface area contributed by atoms with Crippen LogP contribution in [0, 0.1) is 0 Å². The lowest BCUT2D eigenvalue weighted by atomic mass is 10.3. The Morgan fingerprint density at radius 2 is 2.07 bits per heavy atom. The van der Waals surface area contributed by atoms with Crippen molar-refractivity contribution >= 4 is 5.82 Å². The van der Waals surface area contributed by atoms with E-state index in [-0.39, 0.29) is 0 Å². The normalized spacial score (nSPS) is 10.6. The van der Waals surface area contributed by atoms with Gasteiger partial charge in [-0.05, 0) is 26.1 Å². The van der Waals surface area contributed by atoms with E-state index in [1.807, 2.05) is 0 Å². The molecule has 0 aromatic carbocycles. The van der Waals surface area contributed by atoms with Gasteiger partial charge in [0.2, 0.25) is 0 Å². The van der Waals surface area contributed by atoms with Gasteiger partial charge >= 0.3 is 0 Å². The molecule has 4 nitrogen and oxygen atoms in total. The summed E-state index contributed by atoms with van der Waals surface area (Å²) >= 11 is 0. The molecule has 4 heteroatoms. The molecule has 0 bridgehead atoms. The Hall–Kier alpha value is -1.16. The number of nitrogens with one attached hydrogen (secondary N) is 1. The van der Waals surface area contributed by atoms with Crippen LogP contribution in [0.3, 0.4) is 0 Å². The predicted octanol–water partition coefficient (Wildman–Crippen LogP) is 1.62. The highest BCUT2D eigenvalue weighted by Gasteiger charge is 1.98. The van der Waals surface area contributed by atoms with Crippen molar-refractivity contribution in [2.45, 2.75) is 20.3 Å². The second-order valence-electron chi connectivity index (χ2n) is 3.40. The standard InChI is InChI=1S/C11H20N4/c1-3-15(4-2)9-5-6-13-11-10-12-7-8-14-11/h7-8,10H,3-6,9H2,1-2H3,(H,13,14). The van der Waals surface area contributed by atoms with Crippen LogP contribution < -0.4 is 5.32 Å². The van der Waals surface area contributed by atoms with E-state index in [0.717, 1.165) is 38.4 Å². The SMILES string of the molecule is CCN(CC)CCCNc1cnccn1. The van der Waals surface area contributed by atoms with E-state index in [2.05, 4.69) is 34.0 Å². The van der Waals surface area contributed by atoms with Gasteiger partial charge in [-0.25, -0.2) is 4.98 Å². The molecular formula is C11H20N4. The van der Waals surface area contributed by atoms with Gasteiger partial charge in [0.25, 0.3) is 0 Å². The van der Waals surface area contributed by atoms with Crippen molar-refractivity contribution < 1.29 is 0 Å². The van der Waals surface area contributed by atoms with Crippen LogP contribution in [0.25, 0.3) is 0 Å². The molecule has 0 atom stereocenters. The summed E-state index contributed by atoms with van der Waals surface area (Å²) < 4.78 is 0. The second-order valence-corrected chi connectivity index (χ2v) is 3.40. The third-order valence-electron chi connectivity index (χ3n) is 2.41. The summed E-state index contributed by atoms with van der Waals surface area (Å²) in [7, 11) is 0. The molecule has 0 fully saturated rings. The number of nitrogens with zero attached hydrogens (tertiary/aromatic N) is 3. The Balaban J connectivity index is 2.12. The summed E-state index contributed by atoms with van der Waals surface area (Å²) in [4.78, 5) is 10.6. The Morgan fingerprint density at radius 1 is 1.27 bits per heavy atom. The first-order valence-electron chi connectivity index (χ1n) is 5.59. The van der Waals surface area contributed by atoms with Crippen LogP contribution in [0.1, 0.15) is 20.3 Å². The lowest BCUT2D eigenvalue weighted by molar-refractivity contribution is 0.303. The third kappa shape index (κ3) is 4.74. The maximum Gasteiger partial charge on any atom is 0.144 e. The molecule has 0 radical (unpaired) electrons. The van der Waals surface area contributed by atoms with Crippen molar-refractivity contribution in [3.63, 3.8) is 0 Å². The minimum Gasteiger partial charge on any atom is -0.369 e. The molecule has 0 aliphatic carbocycles. The van der Waals surface area contributed by atoms with Gasteiger partial charge in [-0.2, -0.15) is 0 Å². The van der Waals surface area contributed by atoms with Crippen LogP contribution in [0.15, 0.2) is 18.6 Å². The molecule has 1 heterocycles. The fourth-order valence-corrected chi connectivity index (χ4v) is 1.45. The maximum absolute atomic E-state index is 4.15. The van der Waals surface area contributed by atoms with Gasteiger partial charge in [-0.3, -0.25) is 4.98 Å². The molecule has 0 saturated heterocycles. The molecule has 1 rings (SSSR count). The second kappa shape index (κ2) is 7.17. The monoisotopic (exact) mass is 208 g/mol. The quantitative estimate of drug-likeness (QED) is 0.691. The Morgan fingerprint density at radius 3 is 2.67 bits per heavy atom. The van der Waals surface area contributed by atoms with Crippen LogP contribution in [0.2, 0.25) is 0 Å². The minimum atomic E-state index is 0.858. The van der Waals surface area contributed by atoms with Gasteiger partial charge in [-0.15, -0.1) is 0 Å². The minimum absolute atomic E-state index is 0.858. The molecule has 15 heavy (non-hydrogen) atoms. The summed E-state index contributed by atoms with van der Waals surface area (Å²) in [6.45, 7) is 8.73. The van der Waals surface area contributed by atoms with Crippen LogP contribution in [0.4, 0.5) is 5.82 Å². The van der Waals surface area contributed by atoms with Crippen molar-refractivity contribution in [3.8, 4) is 0 Å². The van der Waals surface area contributed by atoms with Crippen LogP contribution >= 0.6 is 0 Å². The zero-order valence-corrected chi connectivity index (χ0v) is 9.61. The number of hydrogen-bond acceptors (Lipinski definition) is 4. The maximum atomic E-state index is 4.15. The summed E-state index contributed by atoms with van der Waals surface area (Å²) in [5, 5.41) is 3.25. The number of aromatic nitrogens is 2. The predicted molar refractivity (Wildman–Crippen MR) is 62.9 cm³/mol. The Kier molecular flexibility index (Phi) is 5.70. The van der Waals surface area contributed by atoms with Gasteiger partial charge in [0, 0.05) is 18.9 Å². The van der Waals surface area contributed by atoms with Crippen molar-refractivity contribution in [3.05, 3.63) is 18.6 Å². The molecule has 0 unspecified atom stereocenters. The van der Waals surface area contributed by atoms with E-state index in [0.29, 0.717) is 0 Å². The van der Waals surface area contributed by atoms with Gasteiger partial charge in [0.15, 0.2) is 0 Å². The first kappa shape index (κ1) is 11.9. The van der Waals surface area contributed by atoms with E-state index in [9.17, 15) is 0 Å². The van der Waals surface area contributed by atoms with Gasteiger partial charge in [-0.1, -0.05) is 13.8 Å². The highest BCUT2D eigenvalue weighted by molar-refractivity contribution is 5.29. The molecule has 1 aromatic rings. The van der Waals surface area contributed by atoms with E-state index in [1.165, 1.54) is 0 Å². The first-order valence-corrected chi connectivity index (χ1v) is 5.59. The lowest BCUT2D eigenvalue weighted by Crippen LogP contribution is -2.25. The summed E-state index contributed by atoms with van der Waals surface area (Å²) in [6.07, 6.45) is 6.27. The molecule has 0 aliphatic heterocycles. The van der Waals surface area contributed by atoms with Gasteiger partial charge in [0.05, 0.1) is 6.20 Å². The Labute approximate surface area is 91.7 Å². The molecule has 1 aromatic heterocycles.